The second-order valence-electron chi connectivity index (χ2n) is 7.21. The summed E-state index contributed by atoms with van der Waals surface area (Å²) in [5, 5.41) is 3.31. The molecule has 31 heavy (non-hydrogen) atoms. The first-order valence-electron chi connectivity index (χ1n) is 10.2. The maximum Gasteiger partial charge on any atom is 0.344 e. The van der Waals surface area contributed by atoms with Gasteiger partial charge >= 0.3 is 12.0 Å². The number of urea groups is 1. The zero-order valence-electron chi connectivity index (χ0n) is 17.5. The predicted molar refractivity (Wildman–Crippen MR) is 112 cm³/mol. The van der Waals surface area contributed by atoms with Gasteiger partial charge in [-0.1, -0.05) is 74.5 Å². The van der Waals surface area contributed by atoms with Crippen LogP contribution in [-0.4, -0.2) is 35.4 Å². The van der Waals surface area contributed by atoms with Crippen LogP contribution >= 0.6 is 0 Å². The van der Waals surface area contributed by atoms with E-state index < -0.39 is 41.9 Å². The van der Waals surface area contributed by atoms with Crippen molar-refractivity contribution in [2.45, 2.75) is 38.1 Å². The number of esters is 1. The molecule has 2 aromatic rings. The highest BCUT2D eigenvalue weighted by atomic mass is 16.5. The Labute approximate surface area is 180 Å². The number of nitrogens with zero attached hydrogens (tertiary/aromatic N) is 1. The monoisotopic (exact) mass is 423 g/mol. The molecule has 162 valence electrons. The molecule has 0 radical (unpaired) electrons. The number of ether oxygens (including phenoxy) is 1. The fourth-order valence-electron chi connectivity index (χ4n) is 3.66. The van der Waals surface area contributed by atoms with Crippen molar-refractivity contribution in [3.63, 3.8) is 0 Å². The lowest BCUT2D eigenvalue weighted by Gasteiger charge is -2.25. The molecular formula is C23H25N3O5. The molecular weight excluding hydrogens is 398 g/mol. The van der Waals surface area contributed by atoms with E-state index >= 15 is 0 Å². The molecule has 0 aliphatic carbocycles. The summed E-state index contributed by atoms with van der Waals surface area (Å²) in [5.41, 5.74) is 2.39. The van der Waals surface area contributed by atoms with Crippen LogP contribution in [0, 0.1) is 0 Å². The SMILES string of the molecule is CC[C@H](C(=O)OCC(=O)NN1C(=O)N[C@](CC)(c2ccccc2)C1=O)c1ccccc1. The number of amides is 4. The molecule has 3 rings (SSSR count). The van der Waals surface area contributed by atoms with E-state index in [1.807, 2.05) is 37.3 Å². The van der Waals surface area contributed by atoms with E-state index in [0.29, 0.717) is 23.4 Å². The van der Waals surface area contributed by atoms with Crippen molar-refractivity contribution in [3.8, 4) is 0 Å². The van der Waals surface area contributed by atoms with Crippen LogP contribution in [0.4, 0.5) is 4.79 Å². The average molecular weight is 423 g/mol. The van der Waals surface area contributed by atoms with Crippen LogP contribution in [0.1, 0.15) is 43.7 Å². The number of imide groups is 1. The van der Waals surface area contributed by atoms with Crippen molar-refractivity contribution in [1.82, 2.24) is 15.8 Å². The Morgan fingerprint density at radius 3 is 2.23 bits per heavy atom. The molecule has 8 heteroatoms. The van der Waals surface area contributed by atoms with Gasteiger partial charge in [-0.25, -0.2) is 4.79 Å². The zero-order valence-corrected chi connectivity index (χ0v) is 17.5. The molecule has 0 bridgehead atoms. The second-order valence-corrected chi connectivity index (χ2v) is 7.21. The maximum absolute atomic E-state index is 13.0. The first-order valence-corrected chi connectivity index (χ1v) is 10.2. The topological polar surface area (TPSA) is 105 Å². The van der Waals surface area contributed by atoms with Gasteiger partial charge < -0.3 is 10.1 Å². The molecule has 1 saturated heterocycles. The van der Waals surface area contributed by atoms with Gasteiger partial charge in [0.05, 0.1) is 5.92 Å². The smallest absolute Gasteiger partial charge is 0.344 e. The van der Waals surface area contributed by atoms with Crippen molar-refractivity contribution in [2.24, 2.45) is 0 Å². The number of nitrogens with one attached hydrogen (secondary N) is 2. The summed E-state index contributed by atoms with van der Waals surface area (Å²) in [6.45, 7) is 3.01. The quantitative estimate of drug-likeness (QED) is 0.502. The van der Waals surface area contributed by atoms with Crippen LogP contribution < -0.4 is 10.7 Å². The normalized spacial score (nSPS) is 19.0. The number of carbonyl (C=O) groups is 4. The minimum atomic E-state index is -1.26. The Balaban J connectivity index is 1.63. The summed E-state index contributed by atoms with van der Waals surface area (Å²) < 4.78 is 5.13. The van der Waals surface area contributed by atoms with Crippen LogP contribution in [0.2, 0.25) is 0 Å². The second kappa shape index (κ2) is 9.42. The highest BCUT2D eigenvalue weighted by Gasteiger charge is 2.52. The molecule has 1 aliphatic rings. The lowest BCUT2D eigenvalue weighted by molar-refractivity contribution is -0.152. The van der Waals surface area contributed by atoms with Crippen LogP contribution in [0.3, 0.4) is 0 Å². The Kier molecular flexibility index (Phi) is 6.69. The van der Waals surface area contributed by atoms with E-state index in [4.69, 9.17) is 4.74 Å². The van der Waals surface area contributed by atoms with Gasteiger partial charge in [-0.05, 0) is 24.0 Å². The van der Waals surface area contributed by atoms with E-state index in [0.717, 1.165) is 5.56 Å². The zero-order chi connectivity index (χ0) is 22.4. The average Bonchev–Trinajstić information content (AvgIpc) is 3.04. The van der Waals surface area contributed by atoms with Gasteiger partial charge in [0, 0.05) is 0 Å². The van der Waals surface area contributed by atoms with Gasteiger partial charge in [0.25, 0.3) is 11.8 Å². The Morgan fingerprint density at radius 1 is 1.03 bits per heavy atom. The highest BCUT2D eigenvalue weighted by Crippen LogP contribution is 2.31. The first kappa shape index (κ1) is 22.0. The van der Waals surface area contributed by atoms with Gasteiger partial charge in [-0.2, -0.15) is 5.01 Å². The summed E-state index contributed by atoms with van der Waals surface area (Å²) in [6.07, 6.45) is 0.811. The molecule has 0 saturated carbocycles. The lowest BCUT2D eigenvalue weighted by Crippen LogP contribution is -2.49. The van der Waals surface area contributed by atoms with Gasteiger partial charge in [-0.3, -0.25) is 19.8 Å². The third kappa shape index (κ3) is 4.42. The summed E-state index contributed by atoms with van der Waals surface area (Å²) in [7, 11) is 0. The number of hydrogen-bond acceptors (Lipinski definition) is 5. The van der Waals surface area contributed by atoms with Gasteiger partial charge in [0.15, 0.2) is 6.61 Å². The molecule has 1 heterocycles. The predicted octanol–water partition coefficient (Wildman–Crippen LogP) is 2.61. The van der Waals surface area contributed by atoms with Crippen molar-refractivity contribution < 1.29 is 23.9 Å². The van der Waals surface area contributed by atoms with E-state index in [9.17, 15) is 19.2 Å². The van der Waals surface area contributed by atoms with Crippen LogP contribution in [-0.2, 0) is 24.7 Å². The molecule has 2 N–H and O–H groups in total. The van der Waals surface area contributed by atoms with E-state index in [1.165, 1.54) is 0 Å². The number of hydrazine groups is 1. The fourth-order valence-corrected chi connectivity index (χ4v) is 3.66. The van der Waals surface area contributed by atoms with E-state index in [2.05, 4.69) is 10.7 Å². The Hall–Kier alpha value is -3.68. The lowest BCUT2D eigenvalue weighted by atomic mass is 9.87. The minimum Gasteiger partial charge on any atom is -0.455 e. The third-order valence-corrected chi connectivity index (χ3v) is 5.37. The van der Waals surface area contributed by atoms with Crippen LogP contribution in [0.15, 0.2) is 60.7 Å². The molecule has 2 atom stereocenters. The summed E-state index contributed by atoms with van der Waals surface area (Å²) in [4.78, 5) is 50.2. The van der Waals surface area contributed by atoms with E-state index in [1.54, 1.807) is 37.3 Å². The highest BCUT2D eigenvalue weighted by molar-refractivity contribution is 6.08. The summed E-state index contributed by atoms with van der Waals surface area (Å²) >= 11 is 0. The number of rotatable bonds is 8. The van der Waals surface area contributed by atoms with E-state index in [-0.39, 0.29) is 0 Å². The van der Waals surface area contributed by atoms with Crippen LogP contribution in [0.5, 0.6) is 0 Å². The molecule has 0 aromatic heterocycles. The fraction of sp³-hybridized carbons (Fsp3) is 0.304. The van der Waals surface area contributed by atoms with Gasteiger partial charge in [-0.15, -0.1) is 0 Å². The molecule has 0 spiro atoms. The van der Waals surface area contributed by atoms with Crippen LogP contribution in [0.25, 0.3) is 0 Å². The largest absolute Gasteiger partial charge is 0.455 e. The molecule has 2 aromatic carbocycles. The number of hydrogen-bond donors (Lipinski definition) is 2. The van der Waals surface area contributed by atoms with Gasteiger partial charge in [0.2, 0.25) is 0 Å². The first-order chi connectivity index (χ1) is 14.9. The van der Waals surface area contributed by atoms with Crippen molar-refractivity contribution in [1.29, 1.82) is 0 Å². The third-order valence-electron chi connectivity index (χ3n) is 5.37. The molecule has 1 fully saturated rings. The summed E-state index contributed by atoms with van der Waals surface area (Å²) in [5.74, 6) is -2.42. The van der Waals surface area contributed by atoms with Crippen molar-refractivity contribution >= 4 is 23.8 Å². The summed E-state index contributed by atoms with van der Waals surface area (Å²) in [6, 6.07) is 17.2. The minimum absolute atomic E-state index is 0.304. The molecule has 0 unspecified atom stereocenters. The number of benzene rings is 2. The maximum atomic E-state index is 13.0. The Morgan fingerprint density at radius 2 is 1.65 bits per heavy atom. The molecule has 1 aliphatic heterocycles. The van der Waals surface area contributed by atoms with Crippen molar-refractivity contribution in [2.75, 3.05) is 6.61 Å². The molecule has 8 nitrogen and oxygen atoms in total. The Bertz CT molecular complexity index is 964. The number of carbonyl (C=O) groups excluding carboxylic acids is 4. The molecule has 4 amide bonds. The standard InChI is InChI=1S/C23H25N3O5/c1-3-18(16-11-7-5-8-12-16)20(28)31-15-19(27)25-26-21(29)23(4-2,24-22(26)30)17-13-9-6-10-14-17/h5-14,18H,3-4,15H2,1-2H3,(H,24,30)(H,25,27)/t18-,23+/m0/s1. The van der Waals surface area contributed by atoms with Gasteiger partial charge in [0.1, 0.15) is 5.54 Å². The van der Waals surface area contributed by atoms with Crippen molar-refractivity contribution in [3.05, 3.63) is 71.8 Å².